The third-order valence-electron chi connectivity index (χ3n) is 2.28. The van der Waals surface area contributed by atoms with Crippen LogP contribution < -0.4 is 10.5 Å². The van der Waals surface area contributed by atoms with Crippen molar-refractivity contribution in [1.29, 1.82) is 0 Å². The van der Waals surface area contributed by atoms with Gasteiger partial charge in [-0.1, -0.05) is 0 Å². The topological polar surface area (TPSA) is 61.0 Å². The van der Waals surface area contributed by atoms with Gasteiger partial charge in [-0.15, -0.1) is 24.5 Å². The molecule has 0 amide bonds. The lowest BCUT2D eigenvalue weighted by Crippen LogP contribution is -2.17. The molecule has 0 radical (unpaired) electrons. The molecule has 0 saturated heterocycles. The van der Waals surface area contributed by atoms with E-state index in [1.54, 1.807) is 18.4 Å². The third-order valence-corrected chi connectivity index (χ3v) is 2.97. The van der Waals surface area contributed by atoms with E-state index in [1.807, 2.05) is 0 Å². The summed E-state index contributed by atoms with van der Waals surface area (Å²) >= 11 is 1.31. The Bertz CT molecular complexity index is 620. The van der Waals surface area contributed by atoms with Crippen LogP contribution >= 0.6 is 11.3 Å². The summed E-state index contributed by atoms with van der Waals surface area (Å²) in [6.45, 7) is 1.78. The molecule has 2 rings (SSSR count). The number of thiazole rings is 1. The number of pyridine rings is 1. The van der Waals surface area contributed by atoms with Gasteiger partial charge in [0.2, 0.25) is 0 Å². The number of hydrogen-bond donors (Lipinski definition) is 1. The minimum atomic E-state index is -4.72. The van der Waals surface area contributed by atoms with Gasteiger partial charge in [-0.3, -0.25) is 4.98 Å². The second kappa shape index (κ2) is 5.49. The molecule has 0 aliphatic heterocycles. The van der Waals surface area contributed by atoms with E-state index < -0.39 is 6.36 Å². The molecule has 2 heterocycles. The molecular formula is C12H10F3N3OS. The lowest BCUT2D eigenvalue weighted by Gasteiger charge is -2.08. The Hall–Kier alpha value is -2.09. The zero-order chi connectivity index (χ0) is 14.8. The quantitative estimate of drug-likeness (QED) is 0.941. The highest BCUT2D eigenvalue weighted by Crippen LogP contribution is 2.24. The molecule has 0 aliphatic carbocycles. The largest absolute Gasteiger partial charge is 0.573 e. The summed E-state index contributed by atoms with van der Waals surface area (Å²) in [5.74, 6) is -0.355. The number of nitrogens with two attached hydrogens (primary N) is 1. The van der Waals surface area contributed by atoms with Crippen molar-refractivity contribution >= 4 is 28.1 Å². The molecule has 0 atom stereocenters. The first-order valence-corrected chi connectivity index (χ1v) is 6.33. The zero-order valence-corrected chi connectivity index (χ0v) is 11.1. The molecule has 0 saturated carbocycles. The average molecular weight is 301 g/mol. The molecule has 106 valence electrons. The van der Waals surface area contributed by atoms with Crippen LogP contribution in [0.5, 0.6) is 5.75 Å². The number of halogens is 3. The number of nitrogen functional groups attached to an aromatic ring is 1. The molecule has 2 N–H and O–H groups in total. The molecule has 0 aliphatic rings. The lowest BCUT2D eigenvalue weighted by molar-refractivity contribution is -0.274. The van der Waals surface area contributed by atoms with Crippen LogP contribution in [0.15, 0.2) is 23.7 Å². The molecule has 0 spiro atoms. The summed E-state index contributed by atoms with van der Waals surface area (Å²) in [6, 6.07) is 2.66. The second-order valence-corrected chi connectivity index (χ2v) is 4.75. The molecule has 0 fully saturated rings. The maximum absolute atomic E-state index is 12.0. The molecular weight excluding hydrogens is 291 g/mol. The van der Waals surface area contributed by atoms with Crippen LogP contribution in [0.2, 0.25) is 0 Å². The molecule has 20 heavy (non-hydrogen) atoms. The van der Waals surface area contributed by atoms with Gasteiger partial charge < -0.3 is 10.5 Å². The Morgan fingerprint density at radius 1 is 1.40 bits per heavy atom. The van der Waals surface area contributed by atoms with Crippen LogP contribution in [0.25, 0.3) is 11.6 Å². The van der Waals surface area contributed by atoms with Crippen molar-refractivity contribution < 1.29 is 17.9 Å². The summed E-state index contributed by atoms with van der Waals surface area (Å²) in [5, 5.41) is 2.23. The van der Waals surface area contributed by atoms with Gasteiger partial charge >= 0.3 is 6.36 Å². The van der Waals surface area contributed by atoms with Crippen molar-refractivity contribution in [2.75, 3.05) is 5.73 Å². The smallest absolute Gasteiger partial charge is 0.404 e. The average Bonchev–Trinajstić information content (AvgIpc) is 2.73. The SMILES string of the molecule is CC(=Cc1csc(N)n1)c1ccc(OC(F)(F)F)cn1. The third kappa shape index (κ3) is 3.95. The first-order valence-electron chi connectivity index (χ1n) is 5.45. The number of hydrogen-bond acceptors (Lipinski definition) is 5. The number of alkyl halides is 3. The van der Waals surface area contributed by atoms with E-state index in [4.69, 9.17) is 5.73 Å². The van der Waals surface area contributed by atoms with E-state index in [0.717, 1.165) is 11.8 Å². The van der Waals surface area contributed by atoms with Crippen molar-refractivity contribution in [3.05, 3.63) is 35.1 Å². The fourth-order valence-electron chi connectivity index (χ4n) is 1.47. The first-order chi connectivity index (χ1) is 9.33. The fraction of sp³-hybridized carbons (Fsp3) is 0.167. The standard InChI is InChI=1S/C12H10F3N3OS/c1-7(4-8-6-20-11(16)18-8)10-3-2-9(5-17-10)19-12(13,14)15/h2-6H,1H3,(H2,16,18). The monoisotopic (exact) mass is 301 g/mol. The fourth-order valence-corrected chi connectivity index (χ4v) is 1.99. The highest BCUT2D eigenvalue weighted by Gasteiger charge is 2.31. The van der Waals surface area contributed by atoms with Crippen molar-refractivity contribution in [1.82, 2.24) is 9.97 Å². The van der Waals surface area contributed by atoms with Gasteiger partial charge in [-0.2, -0.15) is 0 Å². The van der Waals surface area contributed by atoms with Crippen molar-refractivity contribution in [2.45, 2.75) is 13.3 Å². The van der Waals surface area contributed by atoms with Crippen molar-refractivity contribution in [3.63, 3.8) is 0 Å². The first kappa shape index (κ1) is 14.3. The van der Waals surface area contributed by atoms with Gasteiger partial charge in [0.25, 0.3) is 0 Å². The van der Waals surface area contributed by atoms with Crippen LogP contribution in [0.3, 0.4) is 0 Å². The zero-order valence-electron chi connectivity index (χ0n) is 10.3. The Balaban J connectivity index is 2.15. The summed E-state index contributed by atoms with van der Waals surface area (Å²) in [5.41, 5.74) is 7.49. The van der Waals surface area contributed by atoms with Crippen LogP contribution in [0.1, 0.15) is 18.3 Å². The minimum absolute atomic E-state index is 0.355. The Morgan fingerprint density at radius 3 is 2.65 bits per heavy atom. The molecule has 0 aromatic carbocycles. The molecule has 2 aromatic heterocycles. The maximum Gasteiger partial charge on any atom is 0.573 e. The van der Waals surface area contributed by atoms with E-state index in [2.05, 4.69) is 14.7 Å². The van der Waals surface area contributed by atoms with Gasteiger partial charge in [-0.05, 0) is 30.7 Å². The normalized spacial score (nSPS) is 12.5. The summed E-state index contributed by atoms with van der Waals surface area (Å²) in [4.78, 5) is 7.98. The van der Waals surface area contributed by atoms with E-state index in [1.165, 1.54) is 23.5 Å². The van der Waals surface area contributed by atoms with Crippen LogP contribution in [-0.4, -0.2) is 16.3 Å². The summed E-state index contributed by atoms with van der Waals surface area (Å²) in [7, 11) is 0. The number of aromatic nitrogens is 2. The summed E-state index contributed by atoms with van der Waals surface area (Å²) < 4.78 is 39.8. The predicted molar refractivity (Wildman–Crippen MR) is 71.0 cm³/mol. The van der Waals surface area contributed by atoms with Gasteiger partial charge in [-0.25, -0.2) is 4.98 Å². The van der Waals surface area contributed by atoms with E-state index in [9.17, 15) is 13.2 Å². The molecule has 0 unspecified atom stereocenters. The van der Waals surface area contributed by atoms with Crippen molar-refractivity contribution in [3.8, 4) is 5.75 Å². The predicted octanol–water partition coefficient (Wildman–Crippen LogP) is 3.58. The van der Waals surface area contributed by atoms with Gasteiger partial charge in [0.15, 0.2) is 5.13 Å². The number of allylic oxidation sites excluding steroid dienone is 1. The van der Waals surface area contributed by atoms with Gasteiger partial charge in [0.05, 0.1) is 17.6 Å². The number of ether oxygens (including phenoxy) is 1. The Labute approximate surface area is 116 Å². The number of nitrogens with zero attached hydrogens (tertiary/aromatic N) is 2. The molecule has 4 nitrogen and oxygen atoms in total. The molecule has 2 aromatic rings. The minimum Gasteiger partial charge on any atom is -0.404 e. The highest BCUT2D eigenvalue weighted by molar-refractivity contribution is 7.13. The van der Waals surface area contributed by atoms with Gasteiger partial charge in [0, 0.05) is 5.38 Å². The van der Waals surface area contributed by atoms with Crippen LogP contribution in [-0.2, 0) is 0 Å². The van der Waals surface area contributed by atoms with Crippen LogP contribution in [0, 0.1) is 0 Å². The molecule has 8 heteroatoms. The maximum atomic E-state index is 12.0. The van der Waals surface area contributed by atoms with E-state index >= 15 is 0 Å². The van der Waals surface area contributed by atoms with E-state index in [-0.39, 0.29) is 5.75 Å². The van der Waals surface area contributed by atoms with Gasteiger partial charge in [0.1, 0.15) is 5.75 Å². The lowest BCUT2D eigenvalue weighted by atomic mass is 10.1. The van der Waals surface area contributed by atoms with E-state index in [0.29, 0.717) is 16.5 Å². The molecule has 0 bridgehead atoms. The number of anilines is 1. The summed E-state index contributed by atoms with van der Waals surface area (Å²) in [6.07, 6.45) is -1.94. The number of rotatable bonds is 3. The Morgan fingerprint density at radius 2 is 2.15 bits per heavy atom. The van der Waals surface area contributed by atoms with Crippen molar-refractivity contribution in [2.24, 2.45) is 0 Å². The highest BCUT2D eigenvalue weighted by atomic mass is 32.1. The Kier molecular flexibility index (Phi) is 3.93. The second-order valence-electron chi connectivity index (χ2n) is 3.86. The van der Waals surface area contributed by atoms with Crippen LogP contribution in [0.4, 0.5) is 18.3 Å².